The van der Waals surface area contributed by atoms with Crippen molar-refractivity contribution in [2.45, 2.75) is 11.3 Å². The molecular weight excluding hydrogens is 335 g/mol. The molecular formula is C16H15FN2O4S. The van der Waals surface area contributed by atoms with Gasteiger partial charge in [-0.3, -0.25) is 9.59 Å². The van der Waals surface area contributed by atoms with Gasteiger partial charge in [0.25, 0.3) is 0 Å². The summed E-state index contributed by atoms with van der Waals surface area (Å²) in [5.74, 6) is -2.01. The summed E-state index contributed by atoms with van der Waals surface area (Å²) in [5, 5.41) is 2.53. The van der Waals surface area contributed by atoms with Crippen molar-refractivity contribution < 1.29 is 22.4 Å². The maximum absolute atomic E-state index is 12.8. The average molecular weight is 350 g/mol. The molecule has 0 heterocycles. The van der Waals surface area contributed by atoms with Crippen molar-refractivity contribution >= 4 is 27.3 Å². The zero-order valence-electron chi connectivity index (χ0n) is 12.5. The van der Waals surface area contributed by atoms with E-state index >= 15 is 0 Å². The summed E-state index contributed by atoms with van der Waals surface area (Å²) in [6, 6.07) is 10.3. The minimum absolute atomic E-state index is 0.0393. The van der Waals surface area contributed by atoms with Gasteiger partial charge in [-0.25, -0.2) is 12.8 Å². The Labute approximate surface area is 138 Å². The van der Waals surface area contributed by atoms with E-state index in [-0.39, 0.29) is 11.3 Å². The molecule has 0 radical (unpaired) electrons. The molecule has 2 aromatic carbocycles. The summed E-state index contributed by atoms with van der Waals surface area (Å²) >= 11 is 0. The molecule has 0 saturated carbocycles. The van der Waals surface area contributed by atoms with Crippen LogP contribution in [0.3, 0.4) is 0 Å². The number of halogens is 1. The summed E-state index contributed by atoms with van der Waals surface area (Å²) in [6.07, 6.45) is -0.253. The fraction of sp³-hybridized carbons (Fsp3) is 0.125. The Morgan fingerprint density at radius 2 is 1.58 bits per heavy atom. The molecule has 0 aliphatic carbocycles. The molecule has 0 unspecified atom stereocenters. The van der Waals surface area contributed by atoms with Gasteiger partial charge in [0, 0.05) is 17.7 Å². The van der Waals surface area contributed by atoms with Gasteiger partial charge in [-0.2, -0.15) is 0 Å². The van der Waals surface area contributed by atoms with Crippen molar-refractivity contribution in [2.75, 3.05) is 11.1 Å². The fourth-order valence-electron chi connectivity index (χ4n) is 1.93. The number of primary amides is 1. The summed E-state index contributed by atoms with van der Waals surface area (Å²) in [7, 11) is -3.67. The fourth-order valence-corrected chi connectivity index (χ4v) is 3.17. The SMILES string of the molecule is NC(=O)c1ccc(NC(=O)CCS(=O)(=O)c2ccc(F)cc2)cc1. The standard InChI is InChI=1S/C16H15FN2O4S/c17-12-3-7-14(8-4-12)24(22,23)10-9-15(20)19-13-5-1-11(2-6-13)16(18)21/h1-8H,9-10H2,(H2,18,21)(H,19,20). The number of rotatable bonds is 6. The molecule has 2 rings (SSSR count). The summed E-state index contributed by atoms with van der Waals surface area (Å²) in [6.45, 7) is 0. The van der Waals surface area contributed by atoms with Crippen molar-refractivity contribution in [3.63, 3.8) is 0 Å². The molecule has 0 spiro atoms. The number of hydrogen-bond acceptors (Lipinski definition) is 4. The Morgan fingerprint density at radius 1 is 1.00 bits per heavy atom. The smallest absolute Gasteiger partial charge is 0.248 e. The molecule has 2 aromatic rings. The molecule has 0 atom stereocenters. The third kappa shape index (κ3) is 4.63. The van der Waals surface area contributed by atoms with E-state index in [9.17, 15) is 22.4 Å². The minimum Gasteiger partial charge on any atom is -0.366 e. The van der Waals surface area contributed by atoms with Crippen LogP contribution >= 0.6 is 0 Å². The number of anilines is 1. The van der Waals surface area contributed by atoms with Crippen LogP contribution in [0.4, 0.5) is 10.1 Å². The second kappa shape index (κ2) is 7.22. The molecule has 0 aromatic heterocycles. The Hall–Kier alpha value is -2.74. The van der Waals surface area contributed by atoms with E-state index < -0.39 is 33.2 Å². The number of carbonyl (C=O) groups is 2. The maximum atomic E-state index is 12.8. The van der Waals surface area contributed by atoms with E-state index in [2.05, 4.69) is 5.32 Å². The van der Waals surface area contributed by atoms with Crippen molar-refractivity contribution in [3.05, 3.63) is 59.9 Å². The number of amides is 2. The third-order valence-electron chi connectivity index (χ3n) is 3.22. The lowest BCUT2D eigenvalue weighted by atomic mass is 10.2. The van der Waals surface area contributed by atoms with E-state index in [0.717, 1.165) is 24.3 Å². The molecule has 8 heteroatoms. The monoisotopic (exact) mass is 350 g/mol. The molecule has 0 fully saturated rings. The predicted octanol–water partition coefficient (Wildman–Crippen LogP) is 1.73. The van der Waals surface area contributed by atoms with Crippen molar-refractivity contribution in [3.8, 4) is 0 Å². The zero-order chi connectivity index (χ0) is 17.7. The van der Waals surface area contributed by atoms with Crippen molar-refractivity contribution in [2.24, 2.45) is 5.73 Å². The second-order valence-electron chi connectivity index (χ2n) is 5.01. The van der Waals surface area contributed by atoms with Gasteiger partial charge >= 0.3 is 0 Å². The molecule has 2 amide bonds. The number of benzene rings is 2. The van der Waals surface area contributed by atoms with Gasteiger partial charge in [-0.05, 0) is 48.5 Å². The topological polar surface area (TPSA) is 106 Å². The predicted molar refractivity (Wildman–Crippen MR) is 86.7 cm³/mol. The lowest BCUT2D eigenvalue weighted by Crippen LogP contribution is -2.17. The van der Waals surface area contributed by atoms with Gasteiger partial charge in [-0.1, -0.05) is 0 Å². The Balaban J connectivity index is 1.95. The van der Waals surface area contributed by atoms with Crippen LogP contribution in [0.15, 0.2) is 53.4 Å². The molecule has 0 aliphatic rings. The Bertz CT molecular complexity index is 847. The average Bonchev–Trinajstić information content (AvgIpc) is 2.54. The Kier molecular flexibility index (Phi) is 5.30. The molecule has 0 bridgehead atoms. The number of carbonyl (C=O) groups excluding carboxylic acids is 2. The molecule has 24 heavy (non-hydrogen) atoms. The number of sulfone groups is 1. The van der Waals surface area contributed by atoms with Gasteiger partial charge in [0.1, 0.15) is 5.82 Å². The molecule has 3 N–H and O–H groups in total. The highest BCUT2D eigenvalue weighted by atomic mass is 32.2. The van der Waals surface area contributed by atoms with Crippen LogP contribution in [-0.4, -0.2) is 26.0 Å². The summed E-state index contributed by atoms with van der Waals surface area (Å²) in [5.41, 5.74) is 5.83. The maximum Gasteiger partial charge on any atom is 0.248 e. The van der Waals surface area contributed by atoms with E-state index in [1.165, 1.54) is 24.3 Å². The van der Waals surface area contributed by atoms with Gasteiger partial charge in [-0.15, -0.1) is 0 Å². The summed E-state index contributed by atoms with van der Waals surface area (Å²) < 4.78 is 37.0. The van der Waals surface area contributed by atoms with Crippen LogP contribution < -0.4 is 11.1 Å². The lowest BCUT2D eigenvalue weighted by Gasteiger charge is -2.07. The van der Waals surface area contributed by atoms with Gasteiger partial charge < -0.3 is 11.1 Å². The summed E-state index contributed by atoms with van der Waals surface area (Å²) in [4.78, 5) is 22.7. The normalized spacial score (nSPS) is 11.0. The zero-order valence-corrected chi connectivity index (χ0v) is 13.3. The van der Waals surface area contributed by atoms with Crippen LogP contribution in [0.5, 0.6) is 0 Å². The van der Waals surface area contributed by atoms with Crippen LogP contribution in [-0.2, 0) is 14.6 Å². The first-order valence-corrected chi connectivity index (χ1v) is 8.61. The van der Waals surface area contributed by atoms with Gasteiger partial charge in [0.2, 0.25) is 11.8 Å². The minimum atomic E-state index is -3.67. The second-order valence-corrected chi connectivity index (χ2v) is 7.12. The Morgan fingerprint density at radius 3 is 2.12 bits per heavy atom. The molecule has 0 saturated heterocycles. The number of nitrogens with one attached hydrogen (secondary N) is 1. The molecule has 0 aliphatic heterocycles. The van der Waals surface area contributed by atoms with Crippen LogP contribution in [0, 0.1) is 5.82 Å². The highest BCUT2D eigenvalue weighted by Gasteiger charge is 2.16. The molecule has 126 valence electrons. The van der Waals surface area contributed by atoms with Gasteiger partial charge in [0.15, 0.2) is 9.84 Å². The van der Waals surface area contributed by atoms with Crippen molar-refractivity contribution in [1.29, 1.82) is 0 Å². The van der Waals surface area contributed by atoms with E-state index in [4.69, 9.17) is 5.73 Å². The molecule has 6 nitrogen and oxygen atoms in total. The van der Waals surface area contributed by atoms with E-state index in [1.54, 1.807) is 0 Å². The highest BCUT2D eigenvalue weighted by molar-refractivity contribution is 7.91. The van der Waals surface area contributed by atoms with E-state index in [1.807, 2.05) is 0 Å². The first-order chi connectivity index (χ1) is 11.3. The lowest BCUT2D eigenvalue weighted by molar-refractivity contribution is -0.115. The quantitative estimate of drug-likeness (QED) is 0.774. The largest absolute Gasteiger partial charge is 0.366 e. The van der Waals surface area contributed by atoms with Crippen LogP contribution in [0.1, 0.15) is 16.8 Å². The van der Waals surface area contributed by atoms with Crippen LogP contribution in [0.2, 0.25) is 0 Å². The van der Waals surface area contributed by atoms with Gasteiger partial charge in [0.05, 0.1) is 10.6 Å². The van der Waals surface area contributed by atoms with Crippen molar-refractivity contribution in [1.82, 2.24) is 0 Å². The first kappa shape index (κ1) is 17.6. The number of nitrogens with two attached hydrogens (primary N) is 1. The van der Waals surface area contributed by atoms with E-state index in [0.29, 0.717) is 11.3 Å². The van der Waals surface area contributed by atoms with Crippen LogP contribution in [0.25, 0.3) is 0 Å². The third-order valence-corrected chi connectivity index (χ3v) is 4.96. The highest BCUT2D eigenvalue weighted by Crippen LogP contribution is 2.14. The first-order valence-electron chi connectivity index (χ1n) is 6.96. The number of hydrogen-bond donors (Lipinski definition) is 2.